The summed E-state index contributed by atoms with van der Waals surface area (Å²) in [5, 5.41) is 8.72. The van der Waals surface area contributed by atoms with Gasteiger partial charge in [0.15, 0.2) is 0 Å². The molecule has 0 atom stereocenters. The number of halogens is 3. The normalized spacial score (nSPS) is 14.5. The molecule has 3 heterocycles. The first kappa shape index (κ1) is 28.8. The van der Waals surface area contributed by atoms with Crippen LogP contribution in [0.15, 0.2) is 65.7 Å². The molecule has 1 aliphatic rings. The van der Waals surface area contributed by atoms with E-state index in [0.29, 0.717) is 46.0 Å². The van der Waals surface area contributed by atoms with Gasteiger partial charge in [0, 0.05) is 80.0 Å². The Balaban J connectivity index is 1.61. The number of ether oxygens (including phenoxy) is 1. The molecule has 218 valence electrons. The van der Waals surface area contributed by atoms with Gasteiger partial charge in [-0.2, -0.15) is 13.2 Å². The number of aromatic nitrogens is 2. The molecule has 12 heteroatoms. The first-order valence-corrected chi connectivity index (χ1v) is 13.3. The molecular formula is C30H29F3N6O3. The highest BCUT2D eigenvalue weighted by Crippen LogP contribution is 2.39. The van der Waals surface area contributed by atoms with Crippen LogP contribution < -0.4 is 16.2 Å². The van der Waals surface area contributed by atoms with Crippen LogP contribution in [0.3, 0.4) is 0 Å². The molecule has 4 aromatic rings. The predicted molar refractivity (Wildman–Crippen MR) is 156 cm³/mol. The molecule has 0 radical (unpaired) electrons. The minimum Gasteiger partial charge on any atom is -0.404 e. The molecule has 9 nitrogen and oxygen atoms in total. The largest absolute Gasteiger partial charge is 0.418 e. The quantitative estimate of drug-likeness (QED) is 0.251. The lowest BCUT2D eigenvalue weighted by molar-refractivity contribution is -0.137. The van der Waals surface area contributed by atoms with Gasteiger partial charge in [0.2, 0.25) is 5.91 Å². The van der Waals surface area contributed by atoms with Gasteiger partial charge in [-0.3, -0.25) is 19.1 Å². The number of carbonyl (C=O) groups is 1. The van der Waals surface area contributed by atoms with E-state index in [2.05, 4.69) is 4.98 Å². The number of allylic oxidation sites excluding steroid dienone is 1. The van der Waals surface area contributed by atoms with Crippen LogP contribution in [0.1, 0.15) is 17.5 Å². The second-order valence-electron chi connectivity index (χ2n) is 9.88. The fourth-order valence-electron chi connectivity index (χ4n) is 5.29. The van der Waals surface area contributed by atoms with Gasteiger partial charge in [-0.15, -0.1) is 0 Å². The zero-order valence-electron chi connectivity index (χ0n) is 22.8. The summed E-state index contributed by atoms with van der Waals surface area (Å²) in [6, 6.07) is 11.9. The van der Waals surface area contributed by atoms with E-state index in [1.807, 2.05) is 0 Å². The predicted octanol–water partition coefficient (Wildman–Crippen LogP) is 4.19. The highest BCUT2D eigenvalue weighted by Gasteiger charge is 2.36. The second-order valence-corrected chi connectivity index (χ2v) is 9.88. The molecule has 0 aliphatic carbocycles. The smallest absolute Gasteiger partial charge is 0.404 e. The summed E-state index contributed by atoms with van der Waals surface area (Å²) >= 11 is 0. The van der Waals surface area contributed by atoms with Crippen molar-refractivity contribution in [3.05, 3.63) is 82.4 Å². The molecule has 2 aromatic carbocycles. The van der Waals surface area contributed by atoms with Gasteiger partial charge in [0.1, 0.15) is 0 Å². The number of pyridine rings is 2. The van der Waals surface area contributed by atoms with Crippen molar-refractivity contribution in [1.82, 2.24) is 14.5 Å². The van der Waals surface area contributed by atoms with Crippen LogP contribution in [-0.4, -0.2) is 66.5 Å². The zero-order chi connectivity index (χ0) is 30.0. The highest BCUT2D eigenvalue weighted by molar-refractivity contribution is 6.11. The molecule has 1 saturated heterocycles. The third kappa shape index (κ3) is 5.45. The molecule has 0 bridgehead atoms. The summed E-state index contributed by atoms with van der Waals surface area (Å²) in [6.45, 7) is 1.34. The second kappa shape index (κ2) is 11.6. The molecule has 5 rings (SSSR count). The fourth-order valence-corrected chi connectivity index (χ4v) is 5.29. The number of nitrogens with two attached hydrogens (primary N) is 1. The molecule has 1 aliphatic heterocycles. The van der Waals surface area contributed by atoms with Crippen LogP contribution in [0.5, 0.6) is 0 Å². The minimum atomic E-state index is -4.70. The van der Waals surface area contributed by atoms with E-state index in [9.17, 15) is 22.8 Å². The Hall–Kier alpha value is -4.71. The van der Waals surface area contributed by atoms with Crippen LogP contribution in [0.4, 0.5) is 18.9 Å². The van der Waals surface area contributed by atoms with E-state index in [1.165, 1.54) is 36.1 Å². The average Bonchev–Trinajstić information content (AvgIpc) is 2.99. The van der Waals surface area contributed by atoms with Crippen molar-refractivity contribution in [3.63, 3.8) is 0 Å². The number of nitrogens with zero attached hydrogens (tertiary/aromatic N) is 4. The molecule has 1 fully saturated rings. The van der Waals surface area contributed by atoms with Gasteiger partial charge in [-0.25, -0.2) is 0 Å². The van der Waals surface area contributed by atoms with Crippen LogP contribution in [0.25, 0.3) is 33.1 Å². The molecule has 2 aromatic heterocycles. The number of fused-ring (bicyclic) bond motifs is 3. The number of amides is 1. The molecule has 1 amide bonds. The van der Waals surface area contributed by atoms with E-state index >= 15 is 0 Å². The standard InChI is InChI=1S/C30H29F3N6O3/c1-42-13-8-27(40)38-11-9-37(10-12-38)26-6-4-22(15-24(26)30(31,32)33)39-28(41)7-3-20-18-36-25-5-2-19(21(16-34)17-35)14-23(25)29(20)39/h2-7,14-18,34H,8-13,35H2,1H3/b21-17+,34-16?. The summed E-state index contributed by atoms with van der Waals surface area (Å²) < 4.78 is 49.7. The molecular weight excluding hydrogens is 549 g/mol. The number of alkyl halides is 3. The fraction of sp³-hybridized carbons (Fsp3) is 0.267. The Labute approximate surface area is 239 Å². The third-order valence-electron chi connectivity index (χ3n) is 7.42. The minimum absolute atomic E-state index is 0.0129. The van der Waals surface area contributed by atoms with Crippen LogP contribution >= 0.6 is 0 Å². The first-order chi connectivity index (χ1) is 20.2. The average molecular weight is 579 g/mol. The number of nitrogens with one attached hydrogen (secondary N) is 1. The van der Waals surface area contributed by atoms with E-state index in [4.69, 9.17) is 15.9 Å². The van der Waals surface area contributed by atoms with E-state index < -0.39 is 17.3 Å². The van der Waals surface area contributed by atoms with E-state index in [-0.39, 0.29) is 43.4 Å². The number of piperazine rings is 1. The number of hydrogen-bond acceptors (Lipinski definition) is 7. The zero-order valence-corrected chi connectivity index (χ0v) is 22.8. The monoisotopic (exact) mass is 578 g/mol. The van der Waals surface area contributed by atoms with Gasteiger partial charge in [-0.05, 0) is 42.0 Å². The Morgan fingerprint density at radius 1 is 1.10 bits per heavy atom. The molecule has 42 heavy (non-hydrogen) atoms. The Morgan fingerprint density at radius 3 is 2.52 bits per heavy atom. The lowest BCUT2D eigenvalue weighted by atomic mass is 10.0. The number of carbonyl (C=O) groups excluding carboxylic acids is 1. The summed E-state index contributed by atoms with van der Waals surface area (Å²) in [7, 11) is 1.50. The SMILES string of the molecule is COCCC(=O)N1CCN(c2ccc(-n3c(=O)ccc4cnc5ccc(/C(C=N)=C/N)cc5c43)cc2C(F)(F)F)CC1. The first-order valence-electron chi connectivity index (χ1n) is 13.3. The summed E-state index contributed by atoms with van der Waals surface area (Å²) in [5.74, 6) is -0.0993. The van der Waals surface area contributed by atoms with Crippen LogP contribution in [0, 0.1) is 5.41 Å². The number of benzene rings is 2. The third-order valence-corrected chi connectivity index (χ3v) is 7.42. The lowest BCUT2D eigenvalue weighted by Gasteiger charge is -2.37. The van der Waals surface area contributed by atoms with Gasteiger partial charge in [-0.1, -0.05) is 6.07 Å². The molecule has 3 N–H and O–H groups in total. The summed E-state index contributed by atoms with van der Waals surface area (Å²) in [5.41, 5.74) is 6.27. The van der Waals surface area contributed by atoms with Crippen LogP contribution in [0.2, 0.25) is 0 Å². The number of hydrogen-bond donors (Lipinski definition) is 2. The van der Waals surface area contributed by atoms with Crippen molar-refractivity contribution < 1.29 is 22.7 Å². The lowest BCUT2D eigenvalue weighted by Crippen LogP contribution is -2.49. The van der Waals surface area contributed by atoms with Crippen molar-refractivity contribution in [2.75, 3.05) is 44.8 Å². The maximum Gasteiger partial charge on any atom is 0.418 e. The number of methoxy groups -OCH3 is 1. The number of rotatable bonds is 7. The van der Waals surface area contributed by atoms with Crippen LogP contribution in [-0.2, 0) is 15.7 Å². The molecule has 0 unspecified atom stereocenters. The molecule has 0 saturated carbocycles. The van der Waals surface area contributed by atoms with Gasteiger partial charge in [0.05, 0.1) is 35.3 Å². The van der Waals surface area contributed by atoms with Crippen molar-refractivity contribution in [3.8, 4) is 5.69 Å². The maximum absolute atomic E-state index is 14.5. The highest BCUT2D eigenvalue weighted by atomic mass is 19.4. The summed E-state index contributed by atoms with van der Waals surface area (Å²) in [4.78, 5) is 33.3. The molecule has 0 spiro atoms. The van der Waals surface area contributed by atoms with E-state index in [1.54, 1.807) is 40.3 Å². The Morgan fingerprint density at radius 2 is 1.86 bits per heavy atom. The Kier molecular flexibility index (Phi) is 7.99. The maximum atomic E-state index is 14.5. The van der Waals surface area contributed by atoms with Gasteiger partial charge >= 0.3 is 6.18 Å². The van der Waals surface area contributed by atoms with Crippen molar-refractivity contribution >= 4 is 45.2 Å². The van der Waals surface area contributed by atoms with Crippen molar-refractivity contribution in [1.29, 1.82) is 5.41 Å². The van der Waals surface area contributed by atoms with Gasteiger partial charge in [0.25, 0.3) is 5.56 Å². The number of anilines is 1. The van der Waals surface area contributed by atoms with E-state index in [0.717, 1.165) is 12.3 Å². The summed E-state index contributed by atoms with van der Waals surface area (Å²) in [6.07, 6.45) is -0.543. The van der Waals surface area contributed by atoms with Gasteiger partial charge < -0.3 is 25.7 Å². The van der Waals surface area contributed by atoms with Crippen molar-refractivity contribution in [2.24, 2.45) is 5.73 Å². The van der Waals surface area contributed by atoms with Crippen molar-refractivity contribution in [2.45, 2.75) is 12.6 Å². The topological polar surface area (TPSA) is 118 Å². The Bertz CT molecular complexity index is 1760.